The molecule has 0 radical (unpaired) electrons. The van der Waals surface area contributed by atoms with Gasteiger partial charge in [-0.3, -0.25) is 0 Å². The lowest BCUT2D eigenvalue weighted by Gasteiger charge is -2.28. The first-order valence-electron chi connectivity index (χ1n) is 9.50. The van der Waals surface area contributed by atoms with Gasteiger partial charge >= 0.3 is 0 Å². The Bertz CT molecular complexity index is 829. The molecule has 158 valence electrons. The summed E-state index contributed by atoms with van der Waals surface area (Å²) in [5.74, 6) is 1.16. The molecule has 0 fully saturated rings. The molecule has 7 heteroatoms. The van der Waals surface area contributed by atoms with Gasteiger partial charge in [0.25, 0.3) is 0 Å². The van der Waals surface area contributed by atoms with Crippen LogP contribution < -0.4 is 9.47 Å². The number of hydrogen-bond donors (Lipinski definition) is 0. The van der Waals surface area contributed by atoms with Crippen molar-refractivity contribution in [3.05, 3.63) is 59.7 Å². The normalized spacial score (nSPS) is 13.7. The molecule has 0 spiro atoms. The highest BCUT2D eigenvalue weighted by molar-refractivity contribution is 7.89. The molecule has 6 nitrogen and oxygen atoms in total. The van der Waals surface area contributed by atoms with Gasteiger partial charge in [0.2, 0.25) is 10.0 Å². The van der Waals surface area contributed by atoms with E-state index < -0.39 is 15.3 Å². The SMILES string of the molecule is COc1ccc(CN(Cc2ccc(OC)cc2)S(=O)(=O)C(C)C(C)CC=O)cc1. The summed E-state index contributed by atoms with van der Waals surface area (Å²) >= 11 is 0. The predicted octanol–water partition coefficient (Wildman–Crippen LogP) is 3.65. The lowest BCUT2D eigenvalue weighted by molar-refractivity contribution is -0.108. The van der Waals surface area contributed by atoms with E-state index in [9.17, 15) is 13.2 Å². The minimum Gasteiger partial charge on any atom is -0.497 e. The summed E-state index contributed by atoms with van der Waals surface area (Å²) in [5.41, 5.74) is 1.72. The van der Waals surface area contributed by atoms with Crippen LogP contribution in [0.3, 0.4) is 0 Å². The molecule has 2 unspecified atom stereocenters. The maximum absolute atomic E-state index is 13.4. The Morgan fingerprint density at radius 3 is 1.62 bits per heavy atom. The summed E-state index contributed by atoms with van der Waals surface area (Å²) in [6, 6.07) is 14.7. The van der Waals surface area contributed by atoms with Crippen LogP contribution in [0.5, 0.6) is 11.5 Å². The van der Waals surface area contributed by atoms with Crippen LogP contribution in [0.2, 0.25) is 0 Å². The number of rotatable bonds is 11. The van der Waals surface area contributed by atoms with Gasteiger partial charge < -0.3 is 14.3 Å². The van der Waals surface area contributed by atoms with Gasteiger partial charge in [-0.2, -0.15) is 4.31 Å². The smallest absolute Gasteiger partial charge is 0.217 e. The van der Waals surface area contributed by atoms with Gasteiger partial charge in [0.1, 0.15) is 17.8 Å². The maximum Gasteiger partial charge on any atom is 0.217 e. The van der Waals surface area contributed by atoms with E-state index in [4.69, 9.17) is 9.47 Å². The molecular formula is C22H29NO5S. The Labute approximate surface area is 173 Å². The number of carbonyl (C=O) groups excluding carboxylic acids is 1. The third-order valence-corrected chi connectivity index (χ3v) is 7.52. The van der Waals surface area contributed by atoms with Crippen molar-refractivity contribution in [2.75, 3.05) is 14.2 Å². The van der Waals surface area contributed by atoms with Crippen LogP contribution in [0.25, 0.3) is 0 Å². The van der Waals surface area contributed by atoms with Crippen molar-refractivity contribution in [2.24, 2.45) is 5.92 Å². The second-order valence-corrected chi connectivity index (χ2v) is 9.38. The van der Waals surface area contributed by atoms with E-state index in [1.54, 1.807) is 28.1 Å². The minimum absolute atomic E-state index is 0.208. The van der Waals surface area contributed by atoms with E-state index in [1.807, 2.05) is 48.5 Å². The van der Waals surface area contributed by atoms with Crippen LogP contribution in [-0.2, 0) is 27.9 Å². The topological polar surface area (TPSA) is 72.9 Å². The molecule has 0 bridgehead atoms. The second kappa shape index (κ2) is 10.4. The zero-order chi connectivity index (χ0) is 21.4. The molecule has 0 aliphatic rings. The summed E-state index contributed by atoms with van der Waals surface area (Å²) in [7, 11) is -0.461. The number of hydrogen-bond acceptors (Lipinski definition) is 5. The predicted molar refractivity (Wildman–Crippen MR) is 113 cm³/mol. The van der Waals surface area contributed by atoms with Gasteiger partial charge in [-0.05, 0) is 48.2 Å². The minimum atomic E-state index is -3.64. The van der Waals surface area contributed by atoms with Crippen molar-refractivity contribution >= 4 is 16.3 Å². The largest absolute Gasteiger partial charge is 0.497 e. The molecule has 0 amide bonds. The molecule has 0 N–H and O–H groups in total. The van der Waals surface area contributed by atoms with E-state index in [-0.39, 0.29) is 25.4 Å². The third-order valence-electron chi connectivity index (χ3n) is 5.14. The number of benzene rings is 2. The Kier molecular flexibility index (Phi) is 8.22. The molecule has 0 saturated heterocycles. The molecule has 2 atom stereocenters. The zero-order valence-corrected chi connectivity index (χ0v) is 18.2. The molecule has 0 saturated carbocycles. The Hall–Kier alpha value is -2.38. The van der Waals surface area contributed by atoms with Gasteiger partial charge in [0, 0.05) is 19.5 Å². The number of nitrogens with zero attached hydrogens (tertiary/aromatic N) is 1. The van der Waals surface area contributed by atoms with Crippen molar-refractivity contribution in [3.63, 3.8) is 0 Å². The first-order valence-corrected chi connectivity index (χ1v) is 11.0. The molecule has 29 heavy (non-hydrogen) atoms. The summed E-state index contributed by atoms with van der Waals surface area (Å²) in [6.07, 6.45) is 0.979. The van der Waals surface area contributed by atoms with Gasteiger partial charge in [-0.15, -0.1) is 0 Å². The number of ether oxygens (including phenoxy) is 2. The molecule has 0 aliphatic carbocycles. The quantitative estimate of drug-likeness (QED) is 0.520. The van der Waals surface area contributed by atoms with Crippen LogP contribution in [0.15, 0.2) is 48.5 Å². The molecule has 2 aromatic carbocycles. The van der Waals surface area contributed by atoms with Crippen molar-refractivity contribution in [1.29, 1.82) is 0 Å². The Morgan fingerprint density at radius 1 is 0.862 bits per heavy atom. The van der Waals surface area contributed by atoms with E-state index in [2.05, 4.69) is 0 Å². The zero-order valence-electron chi connectivity index (χ0n) is 17.4. The molecule has 2 aromatic rings. The summed E-state index contributed by atoms with van der Waals surface area (Å²) in [4.78, 5) is 10.9. The second-order valence-electron chi connectivity index (χ2n) is 7.09. The number of methoxy groups -OCH3 is 2. The van der Waals surface area contributed by atoms with Crippen molar-refractivity contribution in [2.45, 2.75) is 38.6 Å². The van der Waals surface area contributed by atoms with Crippen LogP contribution in [0.1, 0.15) is 31.4 Å². The molecule has 0 heterocycles. The van der Waals surface area contributed by atoms with Gasteiger partial charge in [-0.25, -0.2) is 8.42 Å². The average molecular weight is 420 g/mol. The number of aldehydes is 1. The fourth-order valence-corrected chi connectivity index (χ4v) is 4.80. The first kappa shape index (κ1) is 22.9. The monoisotopic (exact) mass is 419 g/mol. The van der Waals surface area contributed by atoms with Crippen LogP contribution >= 0.6 is 0 Å². The molecule has 0 aliphatic heterocycles. The van der Waals surface area contributed by atoms with Crippen molar-refractivity contribution < 1.29 is 22.7 Å². The lowest BCUT2D eigenvalue weighted by Crippen LogP contribution is -2.39. The van der Waals surface area contributed by atoms with E-state index in [1.165, 1.54) is 4.31 Å². The van der Waals surface area contributed by atoms with Crippen LogP contribution in [0, 0.1) is 5.92 Å². The summed E-state index contributed by atoms with van der Waals surface area (Å²) in [6.45, 7) is 3.92. The number of carbonyl (C=O) groups is 1. The maximum atomic E-state index is 13.4. The molecule has 0 aromatic heterocycles. The lowest BCUT2D eigenvalue weighted by atomic mass is 10.1. The van der Waals surface area contributed by atoms with Crippen molar-refractivity contribution in [3.8, 4) is 11.5 Å². The van der Waals surface area contributed by atoms with E-state index >= 15 is 0 Å². The Morgan fingerprint density at radius 2 is 1.28 bits per heavy atom. The standard InChI is InChI=1S/C22H29NO5S/c1-17(13-14-24)18(2)29(25,26)23(15-19-5-9-21(27-3)10-6-19)16-20-7-11-22(28-4)12-8-20/h5-12,14,17-18H,13,15-16H2,1-4H3. The highest BCUT2D eigenvalue weighted by atomic mass is 32.2. The Balaban J connectivity index is 2.32. The molecular weight excluding hydrogens is 390 g/mol. The van der Waals surface area contributed by atoms with Crippen LogP contribution in [-0.4, -0.2) is 38.5 Å². The molecule has 2 rings (SSSR count). The van der Waals surface area contributed by atoms with Crippen LogP contribution in [0.4, 0.5) is 0 Å². The fraction of sp³-hybridized carbons (Fsp3) is 0.409. The average Bonchev–Trinajstić information content (AvgIpc) is 2.73. The highest BCUT2D eigenvalue weighted by Crippen LogP contribution is 2.24. The first-order chi connectivity index (χ1) is 13.8. The number of sulfonamides is 1. The summed E-state index contributed by atoms with van der Waals surface area (Å²) in [5, 5.41) is -0.677. The third kappa shape index (κ3) is 6.05. The van der Waals surface area contributed by atoms with E-state index in [0.717, 1.165) is 17.4 Å². The summed E-state index contributed by atoms with van der Waals surface area (Å²) < 4.78 is 38.6. The van der Waals surface area contributed by atoms with Gasteiger partial charge in [-0.1, -0.05) is 31.2 Å². The van der Waals surface area contributed by atoms with E-state index in [0.29, 0.717) is 11.5 Å². The fourth-order valence-electron chi connectivity index (χ4n) is 2.98. The van der Waals surface area contributed by atoms with Crippen molar-refractivity contribution in [1.82, 2.24) is 4.31 Å². The van der Waals surface area contributed by atoms with Gasteiger partial charge in [0.05, 0.1) is 19.5 Å². The highest BCUT2D eigenvalue weighted by Gasteiger charge is 2.32. The van der Waals surface area contributed by atoms with Gasteiger partial charge in [0.15, 0.2) is 0 Å².